The maximum atomic E-state index is 5.79. The zero-order valence-electron chi connectivity index (χ0n) is 11.5. The first-order valence-corrected chi connectivity index (χ1v) is 6.51. The van der Waals surface area contributed by atoms with Crippen LogP contribution in [0.1, 0.15) is 37.3 Å². The van der Waals surface area contributed by atoms with Crippen LogP contribution < -0.4 is 10.1 Å². The molecule has 1 aromatic rings. The number of unbranched alkanes of at least 4 members (excludes halogenated alkanes) is 1. The molecule has 0 aromatic heterocycles. The Labute approximate surface area is 105 Å². The summed E-state index contributed by atoms with van der Waals surface area (Å²) < 4.78 is 5.79. The second-order valence-electron chi connectivity index (χ2n) is 4.80. The third-order valence-corrected chi connectivity index (χ3v) is 3.11. The van der Waals surface area contributed by atoms with Crippen LogP contribution in [0.15, 0.2) is 18.2 Å². The summed E-state index contributed by atoms with van der Waals surface area (Å²) in [5.41, 5.74) is 2.52. The van der Waals surface area contributed by atoms with Crippen LogP contribution in [0.4, 0.5) is 0 Å². The van der Waals surface area contributed by atoms with Crippen LogP contribution >= 0.6 is 0 Å². The highest BCUT2D eigenvalue weighted by Gasteiger charge is 2.00. The van der Waals surface area contributed by atoms with Crippen molar-refractivity contribution < 1.29 is 4.74 Å². The lowest BCUT2D eigenvalue weighted by Gasteiger charge is -2.11. The van der Waals surface area contributed by atoms with E-state index in [0.717, 1.165) is 18.8 Å². The molecule has 0 aliphatic heterocycles. The Morgan fingerprint density at radius 1 is 1.24 bits per heavy atom. The molecule has 2 nitrogen and oxygen atoms in total. The second-order valence-corrected chi connectivity index (χ2v) is 4.80. The molecule has 0 amide bonds. The van der Waals surface area contributed by atoms with Crippen LogP contribution in [0.5, 0.6) is 5.75 Å². The first-order valence-electron chi connectivity index (χ1n) is 6.51. The topological polar surface area (TPSA) is 21.3 Å². The van der Waals surface area contributed by atoms with E-state index in [1.54, 1.807) is 0 Å². The van der Waals surface area contributed by atoms with Crippen molar-refractivity contribution in [3.05, 3.63) is 29.3 Å². The fourth-order valence-electron chi connectivity index (χ4n) is 1.84. The van der Waals surface area contributed by atoms with Crippen molar-refractivity contribution in [2.75, 3.05) is 13.7 Å². The fourth-order valence-corrected chi connectivity index (χ4v) is 1.84. The number of nitrogens with one attached hydrogen (secondary N) is 1. The number of hydrogen-bond acceptors (Lipinski definition) is 2. The van der Waals surface area contributed by atoms with Gasteiger partial charge >= 0.3 is 0 Å². The highest BCUT2D eigenvalue weighted by Crippen LogP contribution is 2.19. The Morgan fingerprint density at radius 2 is 2.00 bits per heavy atom. The Kier molecular flexibility index (Phi) is 6.06. The van der Waals surface area contributed by atoms with Gasteiger partial charge in [0.25, 0.3) is 0 Å². The summed E-state index contributed by atoms with van der Waals surface area (Å²) in [5.74, 6) is 1.03. The molecule has 0 aliphatic rings. The molecule has 2 heteroatoms. The largest absolute Gasteiger partial charge is 0.493 e. The van der Waals surface area contributed by atoms with E-state index in [0.29, 0.717) is 6.04 Å². The predicted molar refractivity (Wildman–Crippen MR) is 73.8 cm³/mol. The molecular weight excluding hydrogens is 210 g/mol. The number of benzene rings is 1. The van der Waals surface area contributed by atoms with E-state index in [4.69, 9.17) is 4.74 Å². The summed E-state index contributed by atoms with van der Waals surface area (Å²) in [6.45, 7) is 7.24. The summed E-state index contributed by atoms with van der Waals surface area (Å²) in [7, 11) is 2.01. The molecule has 96 valence electrons. The first kappa shape index (κ1) is 14.0. The van der Waals surface area contributed by atoms with Gasteiger partial charge in [-0.05, 0) is 58.7 Å². The van der Waals surface area contributed by atoms with Gasteiger partial charge in [0.2, 0.25) is 0 Å². The van der Waals surface area contributed by atoms with Crippen LogP contribution in [-0.4, -0.2) is 19.7 Å². The molecule has 1 aromatic carbocycles. The van der Waals surface area contributed by atoms with Gasteiger partial charge in [0, 0.05) is 6.04 Å². The van der Waals surface area contributed by atoms with Crippen molar-refractivity contribution in [1.82, 2.24) is 5.32 Å². The lowest BCUT2D eigenvalue weighted by molar-refractivity contribution is 0.300. The van der Waals surface area contributed by atoms with E-state index in [1.807, 2.05) is 7.05 Å². The van der Waals surface area contributed by atoms with Gasteiger partial charge in [0.1, 0.15) is 5.75 Å². The SMILES string of the molecule is CNC(C)CCCCOc1ccc(C)cc1C. The van der Waals surface area contributed by atoms with E-state index >= 15 is 0 Å². The van der Waals surface area contributed by atoms with Crippen LogP contribution in [-0.2, 0) is 0 Å². The quantitative estimate of drug-likeness (QED) is 0.731. The maximum Gasteiger partial charge on any atom is 0.122 e. The van der Waals surface area contributed by atoms with E-state index < -0.39 is 0 Å². The van der Waals surface area contributed by atoms with E-state index in [-0.39, 0.29) is 0 Å². The van der Waals surface area contributed by atoms with Gasteiger partial charge in [-0.3, -0.25) is 0 Å². The van der Waals surface area contributed by atoms with Gasteiger partial charge in [-0.1, -0.05) is 17.7 Å². The Hall–Kier alpha value is -1.02. The van der Waals surface area contributed by atoms with E-state index in [9.17, 15) is 0 Å². The molecule has 0 aliphatic carbocycles. The van der Waals surface area contributed by atoms with Crippen molar-refractivity contribution >= 4 is 0 Å². The normalized spacial score (nSPS) is 12.5. The van der Waals surface area contributed by atoms with E-state index in [1.165, 1.54) is 24.0 Å². The summed E-state index contributed by atoms with van der Waals surface area (Å²) in [4.78, 5) is 0. The second kappa shape index (κ2) is 7.33. The molecule has 1 rings (SSSR count). The van der Waals surface area contributed by atoms with Gasteiger partial charge < -0.3 is 10.1 Å². The van der Waals surface area contributed by atoms with Crippen molar-refractivity contribution in [2.45, 2.75) is 46.1 Å². The smallest absolute Gasteiger partial charge is 0.122 e. The number of ether oxygens (including phenoxy) is 1. The molecule has 1 N–H and O–H groups in total. The molecule has 0 bridgehead atoms. The average Bonchev–Trinajstić information content (AvgIpc) is 2.30. The molecule has 0 fully saturated rings. The molecule has 1 atom stereocenters. The Morgan fingerprint density at radius 3 is 2.65 bits per heavy atom. The van der Waals surface area contributed by atoms with Crippen molar-refractivity contribution in [2.24, 2.45) is 0 Å². The minimum atomic E-state index is 0.608. The monoisotopic (exact) mass is 235 g/mol. The molecular formula is C15H25NO. The summed E-state index contributed by atoms with van der Waals surface area (Å²) in [6, 6.07) is 6.95. The number of rotatable bonds is 7. The molecule has 1 unspecified atom stereocenters. The third kappa shape index (κ3) is 5.22. The predicted octanol–water partition coefficient (Wildman–Crippen LogP) is 3.46. The Bertz CT molecular complexity index is 336. The average molecular weight is 235 g/mol. The third-order valence-electron chi connectivity index (χ3n) is 3.11. The lowest BCUT2D eigenvalue weighted by atomic mass is 10.1. The zero-order valence-corrected chi connectivity index (χ0v) is 11.5. The van der Waals surface area contributed by atoms with Gasteiger partial charge in [0.05, 0.1) is 6.61 Å². The molecule has 0 saturated heterocycles. The molecule has 0 spiro atoms. The Balaban J connectivity index is 2.22. The lowest BCUT2D eigenvalue weighted by Crippen LogP contribution is -2.20. The summed E-state index contributed by atoms with van der Waals surface area (Å²) >= 11 is 0. The van der Waals surface area contributed by atoms with Gasteiger partial charge in [-0.25, -0.2) is 0 Å². The maximum absolute atomic E-state index is 5.79. The van der Waals surface area contributed by atoms with Crippen LogP contribution in [0.3, 0.4) is 0 Å². The van der Waals surface area contributed by atoms with Crippen molar-refractivity contribution in [3.63, 3.8) is 0 Å². The van der Waals surface area contributed by atoms with Crippen molar-refractivity contribution in [1.29, 1.82) is 0 Å². The molecule has 0 heterocycles. The highest BCUT2D eigenvalue weighted by molar-refractivity contribution is 5.35. The summed E-state index contributed by atoms with van der Waals surface area (Å²) in [6.07, 6.45) is 3.55. The van der Waals surface area contributed by atoms with Crippen LogP contribution in [0.2, 0.25) is 0 Å². The molecule has 0 radical (unpaired) electrons. The minimum absolute atomic E-state index is 0.608. The van der Waals surface area contributed by atoms with E-state index in [2.05, 4.69) is 44.3 Å². The first-order chi connectivity index (χ1) is 8.13. The van der Waals surface area contributed by atoms with Gasteiger partial charge in [0.15, 0.2) is 0 Å². The molecule has 0 saturated carbocycles. The standard InChI is InChI=1S/C15H25NO/c1-12-8-9-15(13(2)11-12)17-10-6-5-7-14(3)16-4/h8-9,11,14,16H,5-7,10H2,1-4H3. The van der Waals surface area contributed by atoms with Gasteiger partial charge in [-0.2, -0.15) is 0 Å². The molecule has 17 heavy (non-hydrogen) atoms. The zero-order chi connectivity index (χ0) is 12.7. The highest BCUT2D eigenvalue weighted by atomic mass is 16.5. The summed E-state index contributed by atoms with van der Waals surface area (Å²) in [5, 5.41) is 3.25. The van der Waals surface area contributed by atoms with Crippen LogP contribution in [0, 0.1) is 13.8 Å². The minimum Gasteiger partial charge on any atom is -0.493 e. The van der Waals surface area contributed by atoms with Crippen LogP contribution in [0.25, 0.3) is 0 Å². The number of aryl methyl sites for hydroxylation is 2. The number of hydrogen-bond donors (Lipinski definition) is 1. The van der Waals surface area contributed by atoms with Crippen molar-refractivity contribution in [3.8, 4) is 5.75 Å². The fraction of sp³-hybridized carbons (Fsp3) is 0.600. The van der Waals surface area contributed by atoms with Gasteiger partial charge in [-0.15, -0.1) is 0 Å².